The van der Waals surface area contributed by atoms with E-state index in [1.54, 1.807) is 18.3 Å². The van der Waals surface area contributed by atoms with E-state index < -0.39 is 5.95 Å². The third kappa shape index (κ3) is 3.30. The average molecular weight is 274 g/mol. The summed E-state index contributed by atoms with van der Waals surface area (Å²) in [7, 11) is 0. The summed E-state index contributed by atoms with van der Waals surface area (Å²) in [4.78, 5) is 8.00. The number of hydrogen-bond donors (Lipinski definition) is 2. The highest BCUT2D eigenvalue weighted by atomic mass is 19.1. The van der Waals surface area contributed by atoms with Crippen molar-refractivity contribution < 1.29 is 4.39 Å². The zero-order valence-corrected chi connectivity index (χ0v) is 11.8. The molecule has 5 heteroatoms. The predicted octanol–water partition coefficient (Wildman–Crippen LogP) is 3.03. The second kappa shape index (κ2) is 6.96. The molecule has 0 atom stereocenters. The van der Waals surface area contributed by atoms with Crippen molar-refractivity contribution in [2.24, 2.45) is 0 Å². The molecule has 1 aliphatic heterocycles. The molecule has 0 saturated carbocycles. The van der Waals surface area contributed by atoms with E-state index in [2.05, 4.69) is 20.6 Å². The van der Waals surface area contributed by atoms with E-state index in [1.807, 2.05) is 19.9 Å². The van der Waals surface area contributed by atoms with Gasteiger partial charge >= 0.3 is 0 Å². The van der Waals surface area contributed by atoms with Gasteiger partial charge in [-0.05, 0) is 23.8 Å². The van der Waals surface area contributed by atoms with Gasteiger partial charge in [0, 0.05) is 31.4 Å². The van der Waals surface area contributed by atoms with Gasteiger partial charge < -0.3 is 10.6 Å². The lowest BCUT2D eigenvalue weighted by atomic mass is 10.1. The minimum absolute atomic E-state index is 0.364. The fourth-order valence-electron chi connectivity index (χ4n) is 2.05. The van der Waals surface area contributed by atoms with E-state index in [9.17, 15) is 4.39 Å². The zero-order chi connectivity index (χ0) is 14.4. The van der Waals surface area contributed by atoms with Crippen molar-refractivity contribution in [3.8, 4) is 0 Å². The van der Waals surface area contributed by atoms with Gasteiger partial charge in [0.2, 0.25) is 5.95 Å². The van der Waals surface area contributed by atoms with Crippen molar-refractivity contribution in [1.82, 2.24) is 15.3 Å². The quantitative estimate of drug-likeness (QED) is 0.826. The fraction of sp³-hybridized carbons (Fsp3) is 0.333. The number of hydrogen-bond acceptors (Lipinski definition) is 4. The summed E-state index contributed by atoms with van der Waals surface area (Å²) in [6.07, 6.45) is 4.10. The normalized spacial score (nSPS) is 12.9. The van der Waals surface area contributed by atoms with Crippen LogP contribution in [-0.4, -0.2) is 16.5 Å². The molecule has 106 valence electrons. The van der Waals surface area contributed by atoms with Gasteiger partial charge in [-0.15, -0.1) is 0 Å². The van der Waals surface area contributed by atoms with E-state index in [1.165, 1.54) is 6.20 Å². The minimum Gasteiger partial charge on any atom is -0.351 e. The van der Waals surface area contributed by atoms with E-state index in [-0.39, 0.29) is 0 Å². The van der Waals surface area contributed by atoms with Crippen LogP contribution in [0.5, 0.6) is 0 Å². The van der Waals surface area contributed by atoms with Gasteiger partial charge in [0.05, 0.1) is 17.6 Å². The molecule has 0 bridgehead atoms. The molecule has 0 aliphatic carbocycles. The molecule has 0 saturated heterocycles. The molecule has 1 aliphatic rings. The van der Waals surface area contributed by atoms with Crippen LogP contribution in [0, 0.1) is 5.95 Å². The third-order valence-electron chi connectivity index (χ3n) is 2.95. The number of rotatable bonds is 2. The first-order chi connectivity index (χ1) is 9.83. The monoisotopic (exact) mass is 274 g/mol. The van der Waals surface area contributed by atoms with Gasteiger partial charge in [0.25, 0.3) is 0 Å². The van der Waals surface area contributed by atoms with Crippen molar-refractivity contribution >= 4 is 11.4 Å². The molecule has 0 unspecified atom stereocenters. The van der Waals surface area contributed by atoms with Crippen molar-refractivity contribution in [3.63, 3.8) is 0 Å². The Morgan fingerprint density at radius 2 is 2.15 bits per heavy atom. The maximum atomic E-state index is 13.4. The summed E-state index contributed by atoms with van der Waals surface area (Å²) >= 11 is 0. The predicted molar refractivity (Wildman–Crippen MR) is 78.5 cm³/mol. The van der Waals surface area contributed by atoms with Gasteiger partial charge in [0.15, 0.2) is 0 Å². The van der Waals surface area contributed by atoms with E-state index in [4.69, 9.17) is 0 Å². The van der Waals surface area contributed by atoms with Crippen LogP contribution < -0.4 is 10.6 Å². The molecule has 0 spiro atoms. The van der Waals surface area contributed by atoms with Gasteiger partial charge in [0.1, 0.15) is 0 Å². The Kier molecular flexibility index (Phi) is 5.01. The van der Waals surface area contributed by atoms with Gasteiger partial charge in [-0.1, -0.05) is 13.8 Å². The molecular weight excluding hydrogens is 255 g/mol. The molecule has 4 nitrogen and oxygen atoms in total. The minimum atomic E-state index is -0.506. The topological polar surface area (TPSA) is 49.8 Å². The molecular formula is C15H19FN4. The molecule has 0 amide bonds. The molecule has 2 aromatic heterocycles. The lowest BCUT2D eigenvalue weighted by molar-refractivity contribution is 0.588. The third-order valence-corrected chi connectivity index (χ3v) is 2.95. The van der Waals surface area contributed by atoms with Gasteiger partial charge in [-0.2, -0.15) is 4.39 Å². The Hall–Kier alpha value is -2.01. The molecule has 0 fully saturated rings. The van der Waals surface area contributed by atoms with Crippen molar-refractivity contribution in [3.05, 3.63) is 47.8 Å². The largest absolute Gasteiger partial charge is 0.351 e. The maximum Gasteiger partial charge on any atom is 0.236 e. The van der Waals surface area contributed by atoms with Crippen molar-refractivity contribution in [2.75, 3.05) is 11.9 Å². The Balaban J connectivity index is 0.000000704. The SMILES string of the molecule is CC.Fc1ncccc1Nc1cnc2c(c1)CNCC2. The number of halogens is 1. The Labute approximate surface area is 118 Å². The van der Waals surface area contributed by atoms with E-state index >= 15 is 0 Å². The summed E-state index contributed by atoms with van der Waals surface area (Å²) in [5.41, 5.74) is 3.42. The summed E-state index contributed by atoms with van der Waals surface area (Å²) in [6, 6.07) is 5.35. The number of fused-ring (bicyclic) bond motifs is 1. The summed E-state index contributed by atoms with van der Waals surface area (Å²) in [5.74, 6) is -0.506. The van der Waals surface area contributed by atoms with Crippen LogP contribution in [0.2, 0.25) is 0 Å². The van der Waals surface area contributed by atoms with Crippen molar-refractivity contribution in [2.45, 2.75) is 26.8 Å². The van der Waals surface area contributed by atoms with Crippen LogP contribution in [-0.2, 0) is 13.0 Å². The van der Waals surface area contributed by atoms with Crippen LogP contribution in [0.25, 0.3) is 0 Å². The smallest absolute Gasteiger partial charge is 0.236 e. The zero-order valence-electron chi connectivity index (χ0n) is 11.8. The molecule has 20 heavy (non-hydrogen) atoms. The van der Waals surface area contributed by atoms with E-state index in [0.717, 1.165) is 36.5 Å². The van der Waals surface area contributed by atoms with Crippen LogP contribution in [0.3, 0.4) is 0 Å². The molecule has 2 N–H and O–H groups in total. The highest BCUT2D eigenvalue weighted by Gasteiger charge is 2.11. The first kappa shape index (κ1) is 14.4. The van der Waals surface area contributed by atoms with Gasteiger partial charge in [-0.25, -0.2) is 4.98 Å². The first-order valence-corrected chi connectivity index (χ1v) is 6.89. The van der Waals surface area contributed by atoms with Crippen LogP contribution in [0.4, 0.5) is 15.8 Å². The highest BCUT2D eigenvalue weighted by molar-refractivity contribution is 5.59. The van der Waals surface area contributed by atoms with Crippen LogP contribution >= 0.6 is 0 Å². The second-order valence-electron chi connectivity index (χ2n) is 4.22. The van der Waals surface area contributed by atoms with Crippen LogP contribution in [0.1, 0.15) is 25.1 Å². The number of anilines is 2. The lowest BCUT2D eigenvalue weighted by Crippen LogP contribution is -2.24. The summed E-state index contributed by atoms with van der Waals surface area (Å²) in [5, 5.41) is 6.28. The highest BCUT2D eigenvalue weighted by Crippen LogP contribution is 2.21. The lowest BCUT2D eigenvalue weighted by Gasteiger charge is -2.17. The molecule has 3 rings (SSSR count). The molecule has 0 aromatic carbocycles. The summed E-state index contributed by atoms with van der Waals surface area (Å²) < 4.78 is 13.4. The Morgan fingerprint density at radius 1 is 1.30 bits per heavy atom. The number of pyridine rings is 2. The summed E-state index contributed by atoms with van der Waals surface area (Å²) in [6.45, 7) is 5.78. The van der Waals surface area contributed by atoms with E-state index in [0.29, 0.717) is 5.69 Å². The number of aromatic nitrogens is 2. The first-order valence-electron chi connectivity index (χ1n) is 6.89. The van der Waals surface area contributed by atoms with Gasteiger partial charge in [-0.3, -0.25) is 4.98 Å². The fourth-order valence-corrected chi connectivity index (χ4v) is 2.05. The van der Waals surface area contributed by atoms with Crippen molar-refractivity contribution in [1.29, 1.82) is 0 Å². The maximum absolute atomic E-state index is 13.4. The molecule has 3 heterocycles. The second-order valence-corrected chi connectivity index (χ2v) is 4.22. The Bertz CT molecular complexity index is 572. The standard InChI is InChI=1S/C13H13FN4.C2H6/c14-13-12(2-1-4-16-13)18-10-6-9-7-15-5-3-11(9)17-8-10;1-2/h1-2,4,6,8,15,18H,3,5,7H2;1-2H3. The average Bonchev–Trinajstić information content (AvgIpc) is 2.51. The van der Waals surface area contributed by atoms with Crippen LogP contribution in [0.15, 0.2) is 30.6 Å². The number of nitrogens with one attached hydrogen (secondary N) is 2. The molecule has 0 radical (unpaired) electrons. The number of nitrogens with zero attached hydrogens (tertiary/aromatic N) is 2. The Morgan fingerprint density at radius 3 is 2.95 bits per heavy atom. The molecule has 2 aromatic rings.